The molecule has 1 aliphatic rings. The quantitative estimate of drug-likeness (QED) is 0.0649. The highest BCUT2D eigenvalue weighted by molar-refractivity contribution is 6.08. The van der Waals surface area contributed by atoms with E-state index in [2.05, 4.69) is 11.5 Å². The molecule has 1 aliphatic heterocycles. The Morgan fingerprint density at radius 2 is 1.38 bits per heavy atom. The molecule has 13 heteroatoms. The summed E-state index contributed by atoms with van der Waals surface area (Å²) in [6.45, 7) is 6.33. The lowest BCUT2D eigenvalue weighted by Crippen LogP contribution is -2.53. The summed E-state index contributed by atoms with van der Waals surface area (Å²) in [6, 6.07) is -3.61. The van der Waals surface area contributed by atoms with E-state index in [4.69, 9.17) is 17.1 Å². The lowest BCUT2D eigenvalue weighted by Gasteiger charge is -2.29. The molecule has 148 valence electrons. The Hall–Kier alpha value is -2.93. The maximum atomic E-state index is 12.5. The Kier molecular flexibility index (Phi) is 8.45. The molecule has 0 aliphatic carbocycles. The summed E-state index contributed by atoms with van der Waals surface area (Å²) in [4.78, 5) is 50.4. The summed E-state index contributed by atoms with van der Waals surface area (Å²) in [5.41, 5.74) is 12.8. The van der Waals surface area contributed by atoms with Gasteiger partial charge in [0, 0.05) is 0 Å². The van der Waals surface area contributed by atoms with E-state index >= 15 is 0 Å². The number of rotatable bonds is 5. The van der Waals surface area contributed by atoms with Crippen molar-refractivity contribution in [1.29, 1.82) is 5.41 Å². The molecule has 11 N–H and O–H groups in total. The average Bonchev–Trinajstić information content (AvgIpc) is 2.82. The third-order valence-electron chi connectivity index (χ3n) is 3.70. The van der Waals surface area contributed by atoms with Crippen LogP contribution in [0.25, 0.3) is 0 Å². The predicted octanol–water partition coefficient (Wildman–Crippen LogP) is -3.13. The van der Waals surface area contributed by atoms with Crippen molar-refractivity contribution in [2.75, 3.05) is 0 Å². The van der Waals surface area contributed by atoms with Gasteiger partial charge in [0.2, 0.25) is 0 Å². The minimum Gasteiger partial charge on any atom is -0.370 e. The minimum atomic E-state index is -1.08. The van der Waals surface area contributed by atoms with E-state index < -0.39 is 41.9 Å². The summed E-state index contributed by atoms with van der Waals surface area (Å²) < 4.78 is 0. The van der Waals surface area contributed by atoms with E-state index in [1.54, 1.807) is 13.8 Å². The summed E-state index contributed by atoms with van der Waals surface area (Å²) >= 11 is 0. The van der Waals surface area contributed by atoms with Crippen LogP contribution in [0.3, 0.4) is 0 Å². The monoisotopic (exact) mass is 373 g/mol. The van der Waals surface area contributed by atoms with Crippen LogP contribution in [0.4, 0.5) is 4.79 Å². The molecule has 0 aromatic carbocycles. The normalized spacial score (nSPS) is 18.8. The largest absolute Gasteiger partial charge is 0.370 e. The van der Waals surface area contributed by atoms with Crippen molar-refractivity contribution in [1.82, 2.24) is 20.7 Å². The van der Waals surface area contributed by atoms with Crippen molar-refractivity contribution >= 4 is 29.7 Å². The zero-order valence-electron chi connectivity index (χ0n) is 15.1. The van der Waals surface area contributed by atoms with Crippen LogP contribution in [0.15, 0.2) is 0 Å². The molecule has 0 radical (unpaired) electrons. The van der Waals surface area contributed by atoms with E-state index in [1.165, 1.54) is 13.8 Å². The molecule has 0 saturated carbocycles. The third kappa shape index (κ3) is 5.03. The van der Waals surface area contributed by atoms with E-state index in [0.717, 1.165) is 9.80 Å². The molecule has 1 heterocycles. The standard InChI is InChI=1S/C12H22N6O4.CH5N3/c1-5(2)8-11(21)18(7(4)10(20)16-14)12(22)17(8)6(3)9(19)15-13;2-1(3)4/h5-8H,13-14H2,1-4H3,(H,15,19)(H,16,20);(H5,2,3,4). The third-order valence-corrected chi connectivity index (χ3v) is 3.70. The fourth-order valence-corrected chi connectivity index (χ4v) is 2.45. The van der Waals surface area contributed by atoms with Gasteiger partial charge in [0.1, 0.15) is 18.1 Å². The van der Waals surface area contributed by atoms with Gasteiger partial charge in [0.15, 0.2) is 5.96 Å². The van der Waals surface area contributed by atoms with Gasteiger partial charge in [-0.3, -0.25) is 30.6 Å². The van der Waals surface area contributed by atoms with Crippen molar-refractivity contribution < 1.29 is 19.2 Å². The number of imide groups is 1. The summed E-state index contributed by atoms with van der Waals surface area (Å²) in [5, 5.41) is 6.06. The lowest BCUT2D eigenvalue weighted by molar-refractivity contribution is -0.136. The van der Waals surface area contributed by atoms with Crippen molar-refractivity contribution in [3.05, 3.63) is 0 Å². The van der Waals surface area contributed by atoms with Crippen molar-refractivity contribution in [3.8, 4) is 0 Å². The van der Waals surface area contributed by atoms with Gasteiger partial charge < -0.3 is 16.4 Å². The highest BCUT2D eigenvalue weighted by atomic mass is 16.2. The lowest BCUT2D eigenvalue weighted by atomic mass is 10.0. The van der Waals surface area contributed by atoms with Gasteiger partial charge in [0.05, 0.1) is 0 Å². The molecule has 3 unspecified atom stereocenters. The Balaban J connectivity index is 0.00000141. The number of nitrogens with zero attached hydrogens (tertiary/aromatic N) is 2. The Morgan fingerprint density at radius 1 is 1.00 bits per heavy atom. The van der Waals surface area contributed by atoms with Gasteiger partial charge in [-0.2, -0.15) is 0 Å². The molecule has 3 atom stereocenters. The first-order valence-electron chi connectivity index (χ1n) is 7.68. The zero-order chi connectivity index (χ0) is 20.8. The van der Waals surface area contributed by atoms with Gasteiger partial charge in [-0.15, -0.1) is 0 Å². The number of hydrogen-bond donors (Lipinski definition) is 7. The van der Waals surface area contributed by atoms with Gasteiger partial charge in [-0.25, -0.2) is 21.4 Å². The summed E-state index contributed by atoms with van der Waals surface area (Å²) in [6.07, 6.45) is 0. The van der Waals surface area contributed by atoms with E-state index in [9.17, 15) is 19.2 Å². The first-order chi connectivity index (χ1) is 11.9. The topological polar surface area (TPSA) is 227 Å². The highest BCUT2D eigenvalue weighted by Crippen LogP contribution is 2.27. The molecule has 5 amide bonds. The number of hydrazine groups is 2. The van der Waals surface area contributed by atoms with Gasteiger partial charge in [-0.05, 0) is 19.8 Å². The number of guanidine groups is 1. The van der Waals surface area contributed by atoms with Crippen LogP contribution in [-0.2, 0) is 14.4 Å². The molecule has 26 heavy (non-hydrogen) atoms. The van der Waals surface area contributed by atoms with E-state index in [-0.39, 0.29) is 11.9 Å². The van der Waals surface area contributed by atoms with Crippen molar-refractivity contribution in [2.24, 2.45) is 29.1 Å². The van der Waals surface area contributed by atoms with E-state index in [1.807, 2.05) is 10.9 Å². The Labute approximate surface area is 150 Å². The number of urea groups is 1. The van der Waals surface area contributed by atoms with Gasteiger partial charge in [0.25, 0.3) is 17.7 Å². The number of amides is 5. The van der Waals surface area contributed by atoms with Gasteiger partial charge >= 0.3 is 6.03 Å². The Bertz CT molecular complexity index is 576. The first kappa shape index (κ1) is 23.1. The van der Waals surface area contributed by atoms with Crippen LogP contribution in [-0.4, -0.2) is 57.6 Å². The second-order valence-electron chi connectivity index (χ2n) is 5.91. The number of carbonyl (C=O) groups excluding carboxylic acids is 4. The molecular formula is C13H27N9O4. The summed E-state index contributed by atoms with van der Waals surface area (Å²) in [5.74, 6) is 7.72. The fourth-order valence-electron chi connectivity index (χ4n) is 2.45. The van der Waals surface area contributed by atoms with Crippen LogP contribution in [0, 0.1) is 11.3 Å². The van der Waals surface area contributed by atoms with Gasteiger partial charge in [-0.1, -0.05) is 13.8 Å². The van der Waals surface area contributed by atoms with E-state index in [0.29, 0.717) is 0 Å². The predicted molar refractivity (Wildman–Crippen MR) is 92.4 cm³/mol. The number of carbonyl (C=O) groups is 4. The van der Waals surface area contributed by atoms with Crippen LogP contribution in [0.5, 0.6) is 0 Å². The SMILES string of the molecule is CC(C)C1C(=O)N(C(C)C(=O)NN)C(=O)N1C(C)C(=O)NN.N=C(N)N. The fraction of sp³-hybridized carbons (Fsp3) is 0.615. The minimum absolute atomic E-state index is 0.248. The highest BCUT2D eigenvalue weighted by Gasteiger charge is 2.52. The molecule has 0 spiro atoms. The molecule has 1 fully saturated rings. The van der Waals surface area contributed by atoms with Crippen molar-refractivity contribution in [3.63, 3.8) is 0 Å². The molecule has 0 aromatic heterocycles. The van der Waals surface area contributed by atoms with Crippen LogP contribution < -0.4 is 34.0 Å². The van der Waals surface area contributed by atoms with Crippen molar-refractivity contribution in [2.45, 2.75) is 45.8 Å². The smallest absolute Gasteiger partial charge is 0.328 e. The molecular weight excluding hydrogens is 346 g/mol. The first-order valence-corrected chi connectivity index (χ1v) is 7.68. The maximum absolute atomic E-state index is 12.5. The number of nitrogens with two attached hydrogens (primary N) is 4. The zero-order valence-corrected chi connectivity index (χ0v) is 15.1. The molecule has 0 aromatic rings. The number of nitrogens with one attached hydrogen (secondary N) is 3. The van der Waals surface area contributed by atoms with Crippen LogP contribution in [0.1, 0.15) is 27.7 Å². The molecule has 13 nitrogen and oxygen atoms in total. The molecule has 1 rings (SSSR count). The second-order valence-corrected chi connectivity index (χ2v) is 5.91. The molecule has 0 bridgehead atoms. The number of hydrogen-bond acceptors (Lipinski definition) is 7. The Morgan fingerprint density at radius 3 is 1.73 bits per heavy atom. The van der Waals surface area contributed by atoms with Crippen LogP contribution >= 0.6 is 0 Å². The second kappa shape index (κ2) is 9.53. The van der Waals surface area contributed by atoms with Crippen LogP contribution in [0.2, 0.25) is 0 Å². The average molecular weight is 373 g/mol. The molecule has 1 saturated heterocycles. The maximum Gasteiger partial charge on any atom is 0.328 e. The summed E-state index contributed by atoms with van der Waals surface area (Å²) in [7, 11) is 0.